The molecule has 1 aromatic carbocycles. The van der Waals surface area contributed by atoms with Crippen LogP contribution in [0.2, 0.25) is 0 Å². The first-order valence-corrected chi connectivity index (χ1v) is 9.72. The van der Waals surface area contributed by atoms with Gasteiger partial charge < -0.3 is 9.72 Å². The Morgan fingerprint density at radius 3 is 2.28 bits per heavy atom. The number of allylic oxidation sites excluding steroid dienone is 1. The number of rotatable bonds is 5. The zero-order valence-corrected chi connectivity index (χ0v) is 17.8. The van der Waals surface area contributed by atoms with Crippen molar-refractivity contribution in [1.29, 1.82) is 0 Å². The Morgan fingerprint density at radius 2 is 1.72 bits per heavy atom. The Hall–Kier alpha value is -3.21. The van der Waals surface area contributed by atoms with Crippen LogP contribution in [0, 0.1) is 13.8 Å². The molecule has 0 fully saturated rings. The quantitative estimate of drug-likeness (QED) is 0.580. The summed E-state index contributed by atoms with van der Waals surface area (Å²) in [5.41, 5.74) is 7.71. The molecule has 0 radical (unpaired) electrons. The first-order valence-electron chi connectivity index (χ1n) is 9.72. The molecular formula is C24H26N2O3. The average Bonchev–Trinajstić information content (AvgIpc) is 3.12. The summed E-state index contributed by atoms with van der Waals surface area (Å²) >= 11 is 0. The maximum absolute atomic E-state index is 12.5. The number of hydrogen-bond acceptors (Lipinski definition) is 4. The molecule has 0 spiro atoms. The third-order valence-electron chi connectivity index (χ3n) is 5.19. The minimum absolute atomic E-state index is 0.0190. The number of benzene rings is 1. The van der Waals surface area contributed by atoms with E-state index in [4.69, 9.17) is 9.73 Å². The Morgan fingerprint density at radius 1 is 1.07 bits per heavy atom. The number of aromatic amines is 1. The van der Waals surface area contributed by atoms with E-state index in [1.807, 2.05) is 58.0 Å². The summed E-state index contributed by atoms with van der Waals surface area (Å²) in [4.78, 5) is 32.8. The Bertz CT molecular complexity index is 1080. The van der Waals surface area contributed by atoms with Crippen molar-refractivity contribution in [3.8, 4) is 0 Å². The predicted octanol–water partition coefficient (Wildman–Crippen LogP) is 4.95. The van der Waals surface area contributed by atoms with Crippen LogP contribution in [0.5, 0.6) is 0 Å². The summed E-state index contributed by atoms with van der Waals surface area (Å²) < 4.78 is 5.23. The lowest BCUT2D eigenvalue weighted by Crippen LogP contribution is -2.12. The number of carbonyl (C=O) groups is 2. The summed E-state index contributed by atoms with van der Waals surface area (Å²) in [6.45, 7) is 11.2. The number of aromatic nitrogens is 1. The topological polar surface area (TPSA) is 71.5 Å². The standard InChI is InChI=1S/C24H26N2O3/c1-7-29-24(28)20-14(3)23(26-16(20)5)21(18-11-9-8-10-12-18)22-13(2)19(17(6)27)15(4)25-22/h8-12,25H,7H2,1-6H3/b23-21-. The van der Waals surface area contributed by atoms with E-state index < -0.39 is 0 Å². The van der Waals surface area contributed by atoms with Crippen LogP contribution in [0.15, 0.2) is 52.2 Å². The number of ether oxygens (including phenoxy) is 1. The van der Waals surface area contributed by atoms with Gasteiger partial charge in [0.15, 0.2) is 5.78 Å². The highest BCUT2D eigenvalue weighted by atomic mass is 16.5. The second-order valence-electron chi connectivity index (χ2n) is 7.19. The van der Waals surface area contributed by atoms with Crippen molar-refractivity contribution in [2.75, 3.05) is 6.61 Å². The highest BCUT2D eigenvalue weighted by Crippen LogP contribution is 2.38. The van der Waals surface area contributed by atoms with Crippen molar-refractivity contribution in [1.82, 2.24) is 4.98 Å². The van der Waals surface area contributed by atoms with Crippen molar-refractivity contribution in [3.63, 3.8) is 0 Å². The fraction of sp³-hybridized carbons (Fsp3) is 0.292. The number of aryl methyl sites for hydroxylation is 1. The van der Waals surface area contributed by atoms with E-state index >= 15 is 0 Å². The van der Waals surface area contributed by atoms with E-state index in [2.05, 4.69) is 4.98 Å². The number of H-pyrrole nitrogens is 1. The molecule has 2 aromatic rings. The van der Waals surface area contributed by atoms with Gasteiger partial charge in [-0.1, -0.05) is 30.3 Å². The van der Waals surface area contributed by atoms with Crippen molar-refractivity contribution >= 4 is 23.0 Å². The number of hydrogen-bond donors (Lipinski definition) is 1. The van der Waals surface area contributed by atoms with Gasteiger partial charge in [-0.15, -0.1) is 0 Å². The first-order chi connectivity index (χ1) is 13.8. The molecule has 0 unspecified atom stereocenters. The van der Waals surface area contributed by atoms with E-state index in [1.54, 1.807) is 13.8 Å². The molecule has 1 aromatic heterocycles. The van der Waals surface area contributed by atoms with Crippen LogP contribution in [0.25, 0.3) is 5.57 Å². The maximum atomic E-state index is 12.5. The van der Waals surface area contributed by atoms with Gasteiger partial charge >= 0.3 is 5.97 Å². The van der Waals surface area contributed by atoms with Gasteiger partial charge in [-0.2, -0.15) is 0 Å². The molecule has 1 N–H and O–H groups in total. The largest absolute Gasteiger partial charge is 0.462 e. The molecule has 5 heteroatoms. The summed E-state index contributed by atoms with van der Waals surface area (Å²) in [6, 6.07) is 9.89. The molecule has 1 aliphatic rings. The van der Waals surface area contributed by atoms with E-state index in [9.17, 15) is 9.59 Å². The number of aliphatic imine (C=N–C) groups is 1. The second-order valence-corrected chi connectivity index (χ2v) is 7.19. The van der Waals surface area contributed by atoms with Crippen LogP contribution in [-0.2, 0) is 9.53 Å². The molecule has 5 nitrogen and oxygen atoms in total. The lowest BCUT2D eigenvalue weighted by molar-refractivity contribution is -0.137. The number of esters is 1. The minimum atomic E-state index is -0.363. The molecule has 150 valence electrons. The molecule has 29 heavy (non-hydrogen) atoms. The van der Waals surface area contributed by atoms with Gasteiger partial charge in [0.1, 0.15) is 0 Å². The van der Waals surface area contributed by atoms with Crippen LogP contribution >= 0.6 is 0 Å². The third kappa shape index (κ3) is 3.60. The first kappa shape index (κ1) is 20.5. The van der Waals surface area contributed by atoms with Gasteiger partial charge in [0, 0.05) is 16.8 Å². The van der Waals surface area contributed by atoms with E-state index in [0.29, 0.717) is 23.5 Å². The van der Waals surface area contributed by atoms with Gasteiger partial charge in [-0.25, -0.2) is 4.79 Å². The summed E-state index contributed by atoms with van der Waals surface area (Å²) in [7, 11) is 0. The fourth-order valence-corrected chi connectivity index (χ4v) is 3.98. The fourth-order valence-electron chi connectivity index (χ4n) is 3.98. The minimum Gasteiger partial charge on any atom is -0.462 e. The maximum Gasteiger partial charge on any atom is 0.340 e. The zero-order chi connectivity index (χ0) is 21.3. The van der Waals surface area contributed by atoms with Crippen LogP contribution in [0.1, 0.15) is 60.6 Å². The summed E-state index contributed by atoms with van der Waals surface area (Å²) in [5.74, 6) is -0.344. The number of Topliss-reactive ketones (excluding diaryl/α,β-unsaturated/α-hetero) is 1. The predicted molar refractivity (Wildman–Crippen MR) is 115 cm³/mol. The number of carbonyl (C=O) groups excluding carboxylic acids is 2. The van der Waals surface area contributed by atoms with Crippen LogP contribution in [0.4, 0.5) is 0 Å². The van der Waals surface area contributed by atoms with E-state index in [-0.39, 0.29) is 11.8 Å². The second kappa shape index (κ2) is 8.03. The number of ketones is 1. The van der Waals surface area contributed by atoms with E-state index in [1.165, 1.54) is 0 Å². The Labute approximate surface area is 171 Å². The van der Waals surface area contributed by atoms with Gasteiger partial charge in [0.25, 0.3) is 0 Å². The Balaban J connectivity index is 2.34. The smallest absolute Gasteiger partial charge is 0.340 e. The molecule has 0 bridgehead atoms. The van der Waals surface area contributed by atoms with Crippen LogP contribution < -0.4 is 0 Å². The monoisotopic (exact) mass is 390 g/mol. The number of nitrogens with one attached hydrogen (secondary N) is 1. The number of nitrogens with zero attached hydrogens (tertiary/aromatic N) is 1. The van der Waals surface area contributed by atoms with Crippen molar-refractivity contribution < 1.29 is 14.3 Å². The molecule has 0 amide bonds. The van der Waals surface area contributed by atoms with Crippen molar-refractivity contribution in [2.24, 2.45) is 4.99 Å². The van der Waals surface area contributed by atoms with Crippen molar-refractivity contribution in [3.05, 3.63) is 75.3 Å². The van der Waals surface area contributed by atoms with Crippen molar-refractivity contribution in [2.45, 2.75) is 41.5 Å². The summed E-state index contributed by atoms with van der Waals surface area (Å²) in [6.07, 6.45) is 0. The Kier molecular flexibility index (Phi) is 5.69. The molecular weight excluding hydrogens is 364 g/mol. The molecule has 1 aliphatic heterocycles. The highest BCUT2D eigenvalue weighted by Gasteiger charge is 2.29. The molecule has 0 aliphatic carbocycles. The van der Waals surface area contributed by atoms with Gasteiger partial charge in [-0.05, 0) is 58.2 Å². The average molecular weight is 390 g/mol. The SMILES string of the molecule is CCOC(=O)C1=C(C)/C(=C(\c2ccccc2)c2[nH]c(C)c(C(C)=O)c2C)N=C1C. The van der Waals surface area contributed by atoms with Crippen LogP contribution in [-0.4, -0.2) is 29.1 Å². The molecule has 0 atom stereocenters. The van der Waals surface area contributed by atoms with Gasteiger partial charge in [0.05, 0.1) is 29.3 Å². The van der Waals surface area contributed by atoms with Crippen LogP contribution in [0.3, 0.4) is 0 Å². The summed E-state index contributed by atoms with van der Waals surface area (Å²) in [5, 5.41) is 0. The highest BCUT2D eigenvalue weighted by molar-refractivity contribution is 6.22. The molecule has 3 rings (SSSR count). The normalized spacial score (nSPS) is 15.4. The van der Waals surface area contributed by atoms with Gasteiger partial charge in [-0.3, -0.25) is 9.79 Å². The van der Waals surface area contributed by atoms with Gasteiger partial charge in [0.2, 0.25) is 0 Å². The molecule has 0 saturated carbocycles. The molecule has 2 heterocycles. The zero-order valence-electron chi connectivity index (χ0n) is 17.8. The molecule has 0 saturated heterocycles. The van der Waals surface area contributed by atoms with E-state index in [0.717, 1.165) is 39.4 Å². The lowest BCUT2D eigenvalue weighted by Gasteiger charge is -2.12. The third-order valence-corrected chi connectivity index (χ3v) is 5.19. The lowest BCUT2D eigenvalue weighted by atomic mass is 9.93.